The molecule has 1 aliphatic rings. The number of methoxy groups -OCH3 is 1. The molecule has 0 aliphatic heterocycles. The number of hydrogen-bond donors (Lipinski definition) is 1. The average molecular weight is 284 g/mol. The van der Waals surface area contributed by atoms with Crippen LogP contribution in [0.25, 0.3) is 0 Å². The van der Waals surface area contributed by atoms with Gasteiger partial charge in [-0.2, -0.15) is 0 Å². The highest BCUT2D eigenvalue weighted by Gasteiger charge is 2.29. The van der Waals surface area contributed by atoms with E-state index in [0.29, 0.717) is 12.5 Å². The van der Waals surface area contributed by atoms with Crippen molar-refractivity contribution in [3.8, 4) is 11.5 Å². The average Bonchev–Trinajstić information content (AvgIpc) is 2.51. The predicted molar refractivity (Wildman–Crippen MR) is 81.7 cm³/mol. The van der Waals surface area contributed by atoms with Gasteiger partial charge in [-0.25, -0.2) is 0 Å². The topological polar surface area (TPSA) is 38.7 Å². The Bertz CT molecular complexity index is 589. The van der Waals surface area contributed by atoms with Gasteiger partial charge >= 0.3 is 0 Å². The highest BCUT2D eigenvalue weighted by molar-refractivity contribution is 5.44. The van der Waals surface area contributed by atoms with Crippen LogP contribution in [0.2, 0.25) is 0 Å². The summed E-state index contributed by atoms with van der Waals surface area (Å²) >= 11 is 0. The van der Waals surface area contributed by atoms with Crippen LogP contribution in [0.1, 0.15) is 29.9 Å². The van der Waals surface area contributed by atoms with Crippen LogP contribution in [0.3, 0.4) is 0 Å². The van der Waals surface area contributed by atoms with Gasteiger partial charge in [0.15, 0.2) is 11.5 Å². The molecule has 3 rings (SSSR count). The third-order valence-electron chi connectivity index (χ3n) is 4.01. The van der Waals surface area contributed by atoms with E-state index < -0.39 is 0 Å². The van der Waals surface area contributed by atoms with Crippen molar-refractivity contribution < 1.29 is 14.6 Å². The number of benzene rings is 2. The summed E-state index contributed by atoms with van der Waals surface area (Å²) in [6, 6.07) is 16.1. The van der Waals surface area contributed by atoms with Crippen LogP contribution in [-0.2, 0) is 6.61 Å². The molecule has 0 amide bonds. The molecule has 0 aromatic heterocycles. The van der Waals surface area contributed by atoms with E-state index in [1.165, 1.54) is 5.56 Å². The van der Waals surface area contributed by atoms with Gasteiger partial charge in [0.25, 0.3) is 0 Å². The van der Waals surface area contributed by atoms with E-state index >= 15 is 0 Å². The Morgan fingerprint density at radius 1 is 1.05 bits per heavy atom. The zero-order valence-corrected chi connectivity index (χ0v) is 12.2. The van der Waals surface area contributed by atoms with Gasteiger partial charge in [-0.3, -0.25) is 0 Å². The molecule has 1 saturated carbocycles. The summed E-state index contributed by atoms with van der Waals surface area (Å²) in [5, 5.41) is 9.42. The quantitative estimate of drug-likeness (QED) is 0.913. The number of aliphatic hydroxyl groups excluding tert-OH is 1. The van der Waals surface area contributed by atoms with Crippen LogP contribution in [0.15, 0.2) is 48.5 Å². The molecule has 0 heterocycles. The monoisotopic (exact) mass is 284 g/mol. The summed E-state index contributed by atoms with van der Waals surface area (Å²) in [5.41, 5.74) is 2.34. The minimum Gasteiger partial charge on any atom is -0.493 e. The van der Waals surface area contributed by atoms with E-state index in [1.54, 1.807) is 7.11 Å². The van der Waals surface area contributed by atoms with E-state index in [4.69, 9.17) is 9.47 Å². The maximum atomic E-state index is 9.42. The third-order valence-corrected chi connectivity index (χ3v) is 4.01. The number of hydrogen-bond acceptors (Lipinski definition) is 3. The molecule has 1 aliphatic carbocycles. The first-order chi connectivity index (χ1) is 10.3. The van der Waals surface area contributed by atoms with Gasteiger partial charge in [0.05, 0.1) is 13.2 Å². The van der Waals surface area contributed by atoms with Crippen LogP contribution < -0.4 is 9.47 Å². The van der Waals surface area contributed by atoms with E-state index in [0.717, 1.165) is 29.9 Å². The fourth-order valence-corrected chi connectivity index (χ4v) is 2.65. The Labute approximate surface area is 125 Å². The lowest BCUT2D eigenvalue weighted by atomic mass is 9.77. The SMILES string of the molecule is COc1cc(C2CC(O)C2)ccc1OCc1ccccc1. The number of aliphatic hydroxyl groups is 1. The molecule has 110 valence electrons. The third kappa shape index (κ3) is 3.19. The predicted octanol–water partition coefficient (Wildman–Crippen LogP) is 3.51. The largest absolute Gasteiger partial charge is 0.493 e. The second-order valence-electron chi connectivity index (χ2n) is 5.51. The Morgan fingerprint density at radius 3 is 2.48 bits per heavy atom. The van der Waals surface area contributed by atoms with Crippen LogP contribution in [0.4, 0.5) is 0 Å². The molecular formula is C18H20O3. The summed E-state index contributed by atoms with van der Waals surface area (Å²) in [7, 11) is 1.66. The minimum atomic E-state index is -0.144. The molecule has 1 fully saturated rings. The van der Waals surface area contributed by atoms with Crippen LogP contribution in [0.5, 0.6) is 11.5 Å². The molecule has 0 bridgehead atoms. The van der Waals surface area contributed by atoms with Gasteiger partial charge in [-0.15, -0.1) is 0 Å². The molecule has 21 heavy (non-hydrogen) atoms. The summed E-state index contributed by atoms with van der Waals surface area (Å²) in [6.45, 7) is 0.526. The molecule has 2 aromatic rings. The first-order valence-electron chi connectivity index (χ1n) is 7.29. The Hall–Kier alpha value is -2.00. The lowest BCUT2D eigenvalue weighted by Gasteiger charge is -2.32. The highest BCUT2D eigenvalue weighted by atomic mass is 16.5. The zero-order valence-electron chi connectivity index (χ0n) is 12.2. The van der Waals surface area contributed by atoms with E-state index in [-0.39, 0.29) is 6.10 Å². The van der Waals surface area contributed by atoms with Gasteiger partial charge in [0, 0.05) is 0 Å². The van der Waals surface area contributed by atoms with Gasteiger partial charge in [-0.1, -0.05) is 36.4 Å². The maximum Gasteiger partial charge on any atom is 0.161 e. The van der Waals surface area contributed by atoms with E-state index in [9.17, 15) is 5.11 Å². The van der Waals surface area contributed by atoms with Crippen LogP contribution in [0, 0.1) is 0 Å². The summed E-state index contributed by atoms with van der Waals surface area (Å²) in [6.07, 6.45) is 1.54. The Kier molecular flexibility index (Phi) is 4.11. The minimum absolute atomic E-state index is 0.144. The Morgan fingerprint density at radius 2 is 1.81 bits per heavy atom. The Balaban J connectivity index is 1.70. The lowest BCUT2D eigenvalue weighted by molar-refractivity contribution is 0.0745. The first-order valence-corrected chi connectivity index (χ1v) is 7.29. The van der Waals surface area contributed by atoms with Crippen molar-refractivity contribution in [1.82, 2.24) is 0 Å². The van der Waals surface area contributed by atoms with Crippen molar-refractivity contribution in [3.63, 3.8) is 0 Å². The number of ether oxygens (including phenoxy) is 2. The first kappa shape index (κ1) is 14.0. The highest BCUT2D eigenvalue weighted by Crippen LogP contribution is 2.40. The molecular weight excluding hydrogens is 264 g/mol. The van der Waals surface area contributed by atoms with Crippen molar-refractivity contribution in [2.45, 2.75) is 31.5 Å². The molecule has 1 N–H and O–H groups in total. The van der Waals surface area contributed by atoms with Crippen LogP contribution in [-0.4, -0.2) is 18.3 Å². The van der Waals surface area contributed by atoms with Gasteiger partial charge in [0.2, 0.25) is 0 Å². The fraction of sp³-hybridized carbons (Fsp3) is 0.333. The molecule has 3 nitrogen and oxygen atoms in total. The summed E-state index contributed by atoms with van der Waals surface area (Å²) in [5.74, 6) is 1.95. The summed E-state index contributed by atoms with van der Waals surface area (Å²) in [4.78, 5) is 0. The van der Waals surface area contributed by atoms with Gasteiger partial charge in [0.1, 0.15) is 6.61 Å². The molecule has 0 saturated heterocycles. The van der Waals surface area contributed by atoms with Gasteiger partial charge in [-0.05, 0) is 42.0 Å². The molecule has 0 atom stereocenters. The van der Waals surface area contributed by atoms with E-state index in [2.05, 4.69) is 6.07 Å². The smallest absolute Gasteiger partial charge is 0.161 e. The zero-order chi connectivity index (χ0) is 14.7. The van der Waals surface area contributed by atoms with E-state index in [1.807, 2.05) is 42.5 Å². The molecule has 2 aromatic carbocycles. The van der Waals surface area contributed by atoms with Gasteiger partial charge < -0.3 is 14.6 Å². The van der Waals surface area contributed by atoms with Crippen molar-refractivity contribution >= 4 is 0 Å². The lowest BCUT2D eigenvalue weighted by Crippen LogP contribution is -2.26. The maximum absolute atomic E-state index is 9.42. The van der Waals surface area contributed by atoms with Crippen molar-refractivity contribution in [1.29, 1.82) is 0 Å². The fourth-order valence-electron chi connectivity index (χ4n) is 2.65. The second-order valence-corrected chi connectivity index (χ2v) is 5.51. The normalized spacial score (nSPS) is 20.7. The summed E-state index contributed by atoms with van der Waals surface area (Å²) < 4.78 is 11.3. The standard InChI is InChI=1S/C18H20O3/c1-20-18-11-14(15-9-16(19)10-15)7-8-17(18)21-12-13-5-3-2-4-6-13/h2-8,11,15-16,19H,9-10,12H2,1H3. The second kappa shape index (κ2) is 6.19. The molecule has 3 heteroatoms. The van der Waals surface area contributed by atoms with Crippen LogP contribution >= 0.6 is 0 Å². The van der Waals surface area contributed by atoms with Crippen molar-refractivity contribution in [3.05, 3.63) is 59.7 Å². The number of rotatable bonds is 5. The molecule has 0 spiro atoms. The molecule has 0 radical (unpaired) electrons. The molecule has 0 unspecified atom stereocenters. The van der Waals surface area contributed by atoms with Crippen molar-refractivity contribution in [2.75, 3.05) is 7.11 Å². The van der Waals surface area contributed by atoms with Crippen molar-refractivity contribution in [2.24, 2.45) is 0 Å².